The van der Waals surface area contributed by atoms with Crippen molar-refractivity contribution in [3.8, 4) is 0 Å². The van der Waals surface area contributed by atoms with E-state index in [1.807, 2.05) is 4.98 Å². The van der Waals surface area contributed by atoms with Crippen LogP contribution in [0, 0.1) is 29.3 Å². The van der Waals surface area contributed by atoms with Crippen LogP contribution in [0.15, 0.2) is 27.8 Å². The molecule has 48 heavy (non-hydrogen) atoms. The molecule has 1 aromatic heterocycles. The molecule has 4 amide bonds. The van der Waals surface area contributed by atoms with E-state index < -0.39 is 94.2 Å². The maximum Gasteiger partial charge on any atom is 0.326 e. The summed E-state index contributed by atoms with van der Waals surface area (Å²) in [6.07, 6.45) is 5.28. The second-order valence-corrected chi connectivity index (χ2v) is 13.3. The van der Waals surface area contributed by atoms with Gasteiger partial charge in [-0.1, -0.05) is 46.0 Å². The monoisotopic (exact) mass is 679 g/mol. The van der Waals surface area contributed by atoms with Crippen LogP contribution in [-0.4, -0.2) is 63.8 Å². The van der Waals surface area contributed by atoms with Crippen molar-refractivity contribution in [3.05, 3.63) is 67.7 Å². The van der Waals surface area contributed by atoms with Gasteiger partial charge in [-0.3, -0.25) is 29.0 Å². The second-order valence-electron chi connectivity index (χ2n) is 13.3. The number of amides is 4. The summed E-state index contributed by atoms with van der Waals surface area (Å²) in [4.78, 5) is 78.9. The van der Waals surface area contributed by atoms with Crippen LogP contribution < -0.4 is 38.2 Å². The van der Waals surface area contributed by atoms with Gasteiger partial charge in [-0.25, -0.2) is 13.6 Å². The van der Waals surface area contributed by atoms with E-state index in [4.69, 9.17) is 5.73 Å². The normalized spacial score (nSPS) is 15.7. The van der Waals surface area contributed by atoms with E-state index in [2.05, 4.69) is 21.3 Å². The van der Waals surface area contributed by atoms with Gasteiger partial charge in [0.05, 0.1) is 0 Å². The first-order chi connectivity index (χ1) is 22.5. The van der Waals surface area contributed by atoms with Gasteiger partial charge in [0.2, 0.25) is 23.5 Å². The van der Waals surface area contributed by atoms with Crippen LogP contribution in [0.1, 0.15) is 82.3 Å². The third kappa shape index (κ3) is 11.1. The molecule has 8 N–H and O–H groups in total. The average Bonchev–Trinajstić information content (AvgIpc) is 2.98. The Labute approximate surface area is 275 Å². The van der Waals surface area contributed by atoms with Crippen molar-refractivity contribution in [1.29, 1.82) is 0 Å². The number of hydrogen-bond donors (Lipinski definition) is 7. The van der Waals surface area contributed by atoms with Crippen molar-refractivity contribution < 1.29 is 32.3 Å². The van der Waals surface area contributed by atoms with Gasteiger partial charge in [0.25, 0.3) is 11.5 Å². The highest BCUT2D eigenvalue weighted by molar-refractivity contribution is 5.95. The fourth-order valence-electron chi connectivity index (χ4n) is 5.74. The quantitative estimate of drug-likeness (QED) is 0.155. The molecule has 3 atom stereocenters. The van der Waals surface area contributed by atoms with Gasteiger partial charge in [-0.15, -0.1) is 0 Å². The smallest absolute Gasteiger partial charge is 0.326 e. The Morgan fingerprint density at radius 3 is 2.15 bits per heavy atom. The lowest BCUT2D eigenvalue weighted by molar-refractivity contribution is -0.134. The number of carbonyl (C=O) groups excluding carboxylic acids is 4. The third-order valence-corrected chi connectivity index (χ3v) is 8.13. The van der Waals surface area contributed by atoms with E-state index in [9.17, 15) is 41.9 Å². The van der Waals surface area contributed by atoms with Crippen LogP contribution in [0.5, 0.6) is 0 Å². The lowest BCUT2D eigenvalue weighted by Crippen LogP contribution is -2.60. The highest BCUT2D eigenvalue weighted by Gasteiger charge is 2.34. The summed E-state index contributed by atoms with van der Waals surface area (Å²) in [5.74, 6) is -6.50. The number of aromatic amines is 2. The van der Waals surface area contributed by atoms with Gasteiger partial charge in [0, 0.05) is 18.2 Å². The zero-order valence-electron chi connectivity index (χ0n) is 27.4. The van der Waals surface area contributed by atoms with Gasteiger partial charge in [0.1, 0.15) is 35.5 Å². The first-order valence-electron chi connectivity index (χ1n) is 15.9. The van der Waals surface area contributed by atoms with Crippen LogP contribution in [0.3, 0.4) is 0 Å². The summed E-state index contributed by atoms with van der Waals surface area (Å²) in [6, 6.07) is -0.421. The molecule has 1 fully saturated rings. The number of hydrogen-bond acceptors (Lipinski definition) is 7. The van der Waals surface area contributed by atoms with Crippen LogP contribution in [0.25, 0.3) is 0 Å². The Kier molecular flexibility index (Phi) is 13.1. The Bertz CT molecular complexity index is 1580. The predicted molar refractivity (Wildman–Crippen MR) is 170 cm³/mol. The summed E-state index contributed by atoms with van der Waals surface area (Å²) < 4.78 is 41.6. The van der Waals surface area contributed by atoms with E-state index in [0.717, 1.165) is 38.2 Å². The van der Waals surface area contributed by atoms with Crippen molar-refractivity contribution in [1.82, 2.24) is 31.2 Å². The molecule has 1 saturated carbocycles. The van der Waals surface area contributed by atoms with Crippen molar-refractivity contribution in [3.63, 3.8) is 0 Å². The van der Waals surface area contributed by atoms with Crippen LogP contribution in [0.4, 0.5) is 13.2 Å². The number of benzene rings is 1. The topological polar surface area (TPSA) is 208 Å². The number of nitrogens with one attached hydrogen (secondary N) is 6. The van der Waals surface area contributed by atoms with E-state index in [0.29, 0.717) is 12.0 Å². The molecule has 0 spiro atoms. The van der Waals surface area contributed by atoms with Crippen molar-refractivity contribution in [2.45, 2.75) is 96.3 Å². The number of rotatable bonds is 14. The molecular weight excluding hydrogens is 635 g/mol. The van der Waals surface area contributed by atoms with Gasteiger partial charge < -0.3 is 32.0 Å². The van der Waals surface area contributed by atoms with E-state index in [-0.39, 0.29) is 12.3 Å². The second kappa shape index (κ2) is 16.6. The molecule has 1 aromatic carbocycles. The predicted octanol–water partition coefficient (Wildman–Crippen LogP) is 1.27. The molecule has 2 aromatic rings. The Balaban J connectivity index is 1.69. The van der Waals surface area contributed by atoms with Gasteiger partial charge in [-0.05, 0) is 56.2 Å². The van der Waals surface area contributed by atoms with Crippen molar-refractivity contribution >= 4 is 23.6 Å². The summed E-state index contributed by atoms with van der Waals surface area (Å²) >= 11 is 0. The minimum atomic E-state index is -1.53. The number of nitrogens with two attached hydrogens (primary N) is 1. The lowest BCUT2D eigenvalue weighted by Gasteiger charge is -2.33. The minimum Gasteiger partial charge on any atom is -0.349 e. The minimum absolute atomic E-state index is 0.111. The van der Waals surface area contributed by atoms with E-state index >= 15 is 0 Å². The SMILES string of the molecule is CC(C)[C@H](NC(=O)[C@@H](N)CNC(=O)c1[nH]c(=O)[nH]c(=O)c1F)C(=O)N[C@@H](CC1CCCCC1)C(=O)NC(C)(C)Cc1cc(F)cc(F)c1. The zero-order chi connectivity index (χ0) is 35.8. The lowest BCUT2D eigenvalue weighted by atomic mass is 9.84. The number of carbonyl (C=O) groups is 4. The molecule has 0 bridgehead atoms. The standard InChI is InChI=1S/C32H44F3N7O6/c1-16(2)24(39-26(43)21(36)15-37-29(46)25-23(35)28(45)41-31(48)40-25)30(47)38-22(12-17-8-6-5-7-9-17)27(44)42-32(3,4)14-18-10-19(33)13-20(34)11-18/h10-11,13,16-17,21-22,24H,5-9,12,14-15,36H2,1-4H3,(H,37,46)(H,38,47)(H,39,43)(H,42,44)(H2,40,41,45,48)/t21-,22-,24-/m0/s1. The molecule has 1 aliphatic carbocycles. The fourth-order valence-corrected chi connectivity index (χ4v) is 5.74. The first kappa shape index (κ1) is 38.0. The van der Waals surface area contributed by atoms with E-state index in [1.165, 1.54) is 12.1 Å². The van der Waals surface area contributed by atoms with Gasteiger partial charge >= 0.3 is 5.69 Å². The average molecular weight is 680 g/mol. The first-order valence-corrected chi connectivity index (χ1v) is 15.9. The number of H-pyrrole nitrogens is 2. The molecule has 1 aliphatic rings. The van der Waals surface area contributed by atoms with E-state index in [1.54, 1.807) is 32.7 Å². The highest BCUT2D eigenvalue weighted by Crippen LogP contribution is 2.28. The molecule has 0 radical (unpaired) electrons. The zero-order valence-corrected chi connectivity index (χ0v) is 27.4. The molecule has 3 rings (SSSR count). The van der Waals surface area contributed by atoms with Crippen LogP contribution >= 0.6 is 0 Å². The van der Waals surface area contributed by atoms with Crippen LogP contribution in [-0.2, 0) is 20.8 Å². The molecule has 0 unspecified atom stereocenters. The Morgan fingerprint density at radius 2 is 1.54 bits per heavy atom. The molecule has 0 saturated heterocycles. The molecular formula is C32H44F3N7O6. The molecule has 1 heterocycles. The highest BCUT2D eigenvalue weighted by atomic mass is 19.1. The summed E-state index contributed by atoms with van der Waals surface area (Å²) in [5, 5.41) is 10.4. The summed E-state index contributed by atoms with van der Waals surface area (Å²) in [5.41, 5.74) is 1.85. The third-order valence-electron chi connectivity index (χ3n) is 8.13. The molecule has 16 heteroatoms. The van der Waals surface area contributed by atoms with Crippen LogP contribution in [0.2, 0.25) is 0 Å². The van der Waals surface area contributed by atoms with Crippen molar-refractivity contribution in [2.24, 2.45) is 17.6 Å². The maximum absolute atomic E-state index is 14.0. The summed E-state index contributed by atoms with van der Waals surface area (Å²) in [7, 11) is 0. The number of aromatic nitrogens is 2. The van der Waals surface area contributed by atoms with Gasteiger partial charge in [0.15, 0.2) is 0 Å². The largest absolute Gasteiger partial charge is 0.349 e. The molecule has 13 nitrogen and oxygen atoms in total. The fraction of sp³-hybridized carbons (Fsp3) is 0.562. The molecule has 0 aliphatic heterocycles. The maximum atomic E-state index is 14.0. The molecule has 264 valence electrons. The summed E-state index contributed by atoms with van der Waals surface area (Å²) in [6.45, 7) is 6.20. The van der Waals surface area contributed by atoms with Crippen molar-refractivity contribution in [2.75, 3.05) is 6.54 Å². The Morgan fingerprint density at radius 1 is 0.917 bits per heavy atom. The van der Waals surface area contributed by atoms with Gasteiger partial charge in [-0.2, -0.15) is 4.39 Å². The number of halogens is 3. The Hall–Kier alpha value is -4.47.